The number of carbonyl (C=O) groups excluding carboxylic acids is 2. The van der Waals surface area contributed by atoms with Gasteiger partial charge in [-0.3, -0.25) is 4.79 Å². The summed E-state index contributed by atoms with van der Waals surface area (Å²) in [6.45, 7) is 1.75. The van der Waals surface area contributed by atoms with Crippen molar-refractivity contribution in [1.29, 1.82) is 0 Å². The third-order valence-corrected chi connectivity index (χ3v) is 4.06. The molecule has 26 heavy (non-hydrogen) atoms. The number of ether oxygens (including phenoxy) is 3. The number of benzene rings is 2. The average Bonchev–Trinajstić information content (AvgIpc) is 3.13. The van der Waals surface area contributed by atoms with Crippen molar-refractivity contribution in [2.75, 3.05) is 13.4 Å². The minimum absolute atomic E-state index is 0.00745. The summed E-state index contributed by atoms with van der Waals surface area (Å²) in [6.07, 6.45) is 1.69. The molecule has 0 saturated heterocycles. The Balaban J connectivity index is 1.41. The van der Waals surface area contributed by atoms with E-state index in [1.54, 1.807) is 18.2 Å². The maximum absolute atomic E-state index is 12.0. The van der Waals surface area contributed by atoms with Crippen molar-refractivity contribution in [3.63, 3.8) is 0 Å². The summed E-state index contributed by atoms with van der Waals surface area (Å²) in [7, 11) is 0. The van der Waals surface area contributed by atoms with Gasteiger partial charge in [0.05, 0.1) is 5.56 Å². The minimum Gasteiger partial charge on any atom is -0.454 e. The van der Waals surface area contributed by atoms with Gasteiger partial charge in [-0.1, -0.05) is 30.3 Å². The minimum atomic E-state index is -0.574. The molecule has 2 aromatic rings. The Morgan fingerprint density at radius 3 is 2.69 bits per heavy atom. The third kappa shape index (κ3) is 4.75. The lowest BCUT2D eigenvalue weighted by Gasteiger charge is -2.14. The van der Waals surface area contributed by atoms with Crippen LogP contribution in [0.15, 0.2) is 48.5 Å². The van der Waals surface area contributed by atoms with Crippen LogP contribution in [0.3, 0.4) is 0 Å². The highest BCUT2D eigenvalue weighted by Crippen LogP contribution is 2.32. The predicted octanol–water partition coefficient (Wildman–Crippen LogP) is 2.71. The molecular formula is C20H21NO5. The highest BCUT2D eigenvalue weighted by atomic mass is 16.7. The van der Waals surface area contributed by atoms with Gasteiger partial charge in [0, 0.05) is 6.04 Å². The molecule has 1 atom stereocenters. The van der Waals surface area contributed by atoms with E-state index in [-0.39, 0.29) is 25.3 Å². The molecule has 1 aliphatic heterocycles. The molecule has 3 rings (SSSR count). The maximum Gasteiger partial charge on any atom is 0.338 e. The van der Waals surface area contributed by atoms with Crippen molar-refractivity contribution < 1.29 is 23.8 Å². The molecule has 2 aromatic carbocycles. The Hall–Kier alpha value is -3.02. The second kappa shape index (κ2) is 8.38. The summed E-state index contributed by atoms with van der Waals surface area (Å²) in [5, 5.41) is 2.84. The van der Waals surface area contributed by atoms with Gasteiger partial charge < -0.3 is 19.5 Å². The van der Waals surface area contributed by atoms with Crippen LogP contribution in [0.2, 0.25) is 0 Å². The predicted molar refractivity (Wildman–Crippen MR) is 95.2 cm³/mol. The number of amides is 1. The first-order valence-corrected chi connectivity index (χ1v) is 8.52. The Labute approximate surface area is 152 Å². The summed E-state index contributed by atoms with van der Waals surface area (Å²) < 4.78 is 15.5. The van der Waals surface area contributed by atoms with E-state index < -0.39 is 5.97 Å². The average molecular weight is 355 g/mol. The molecule has 136 valence electrons. The molecule has 0 fully saturated rings. The second-order valence-electron chi connectivity index (χ2n) is 6.14. The molecule has 0 spiro atoms. The zero-order valence-electron chi connectivity index (χ0n) is 14.6. The van der Waals surface area contributed by atoms with Gasteiger partial charge >= 0.3 is 5.97 Å². The lowest BCUT2D eigenvalue weighted by molar-refractivity contribution is -0.124. The first-order valence-electron chi connectivity index (χ1n) is 8.52. The standard InChI is InChI=1S/C20H21NO5/c1-14(7-8-15-5-3-2-4-6-15)21-19(22)12-24-20(23)16-9-10-17-18(11-16)26-13-25-17/h2-6,9-11,14H,7-8,12-13H2,1H3,(H,21,22)/t14-/m1/s1. The molecule has 0 bridgehead atoms. The van der Waals surface area contributed by atoms with Crippen molar-refractivity contribution in [1.82, 2.24) is 5.32 Å². The monoisotopic (exact) mass is 355 g/mol. The fourth-order valence-electron chi connectivity index (χ4n) is 2.65. The molecule has 0 radical (unpaired) electrons. The van der Waals surface area contributed by atoms with Crippen LogP contribution in [0.5, 0.6) is 11.5 Å². The third-order valence-electron chi connectivity index (χ3n) is 4.06. The van der Waals surface area contributed by atoms with E-state index in [0.29, 0.717) is 17.1 Å². The van der Waals surface area contributed by atoms with Gasteiger partial charge in [-0.2, -0.15) is 0 Å². The van der Waals surface area contributed by atoms with E-state index in [1.807, 2.05) is 25.1 Å². The van der Waals surface area contributed by atoms with Crippen molar-refractivity contribution >= 4 is 11.9 Å². The smallest absolute Gasteiger partial charge is 0.338 e. The van der Waals surface area contributed by atoms with Crippen LogP contribution in [0, 0.1) is 0 Å². The fourth-order valence-corrected chi connectivity index (χ4v) is 2.65. The number of fused-ring (bicyclic) bond motifs is 1. The van der Waals surface area contributed by atoms with Gasteiger partial charge in [0.1, 0.15) is 0 Å². The molecule has 0 saturated carbocycles. The maximum atomic E-state index is 12.0. The second-order valence-corrected chi connectivity index (χ2v) is 6.14. The lowest BCUT2D eigenvalue weighted by Crippen LogP contribution is -2.36. The molecule has 0 unspecified atom stereocenters. The summed E-state index contributed by atoms with van der Waals surface area (Å²) in [4.78, 5) is 24.0. The Morgan fingerprint density at radius 1 is 1.12 bits per heavy atom. The Bertz CT molecular complexity index is 775. The van der Waals surface area contributed by atoms with Crippen molar-refractivity contribution in [2.45, 2.75) is 25.8 Å². The Kier molecular flexibility index (Phi) is 5.73. The van der Waals surface area contributed by atoms with Gasteiger partial charge in [0.15, 0.2) is 18.1 Å². The fraction of sp³-hybridized carbons (Fsp3) is 0.300. The van der Waals surface area contributed by atoms with Crippen molar-refractivity contribution in [3.8, 4) is 11.5 Å². The Morgan fingerprint density at radius 2 is 1.88 bits per heavy atom. The van der Waals surface area contributed by atoms with E-state index in [9.17, 15) is 9.59 Å². The van der Waals surface area contributed by atoms with Gasteiger partial charge in [-0.25, -0.2) is 4.79 Å². The van der Waals surface area contributed by atoms with E-state index in [1.165, 1.54) is 5.56 Å². The number of hydrogen-bond donors (Lipinski definition) is 1. The molecule has 0 aliphatic carbocycles. The molecule has 1 amide bonds. The molecule has 6 nitrogen and oxygen atoms in total. The lowest BCUT2D eigenvalue weighted by atomic mass is 10.1. The number of rotatable bonds is 7. The van der Waals surface area contributed by atoms with Gasteiger partial charge in [0.25, 0.3) is 5.91 Å². The normalized spacial score (nSPS) is 13.1. The number of esters is 1. The quantitative estimate of drug-likeness (QED) is 0.773. The molecule has 0 aromatic heterocycles. The van der Waals surface area contributed by atoms with Crippen LogP contribution in [-0.4, -0.2) is 31.3 Å². The number of aryl methyl sites for hydroxylation is 1. The van der Waals surface area contributed by atoms with E-state index in [2.05, 4.69) is 17.4 Å². The highest BCUT2D eigenvalue weighted by Gasteiger charge is 2.18. The van der Waals surface area contributed by atoms with Crippen molar-refractivity contribution in [3.05, 3.63) is 59.7 Å². The van der Waals surface area contributed by atoms with E-state index >= 15 is 0 Å². The van der Waals surface area contributed by atoms with Crippen LogP contribution >= 0.6 is 0 Å². The first-order chi connectivity index (χ1) is 12.6. The largest absolute Gasteiger partial charge is 0.454 e. The molecule has 1 heterocycles. The van der Waals surface area contributed by atoms with Crippen LogP contribution in [0.4, 0.5) is 0 Å². The van der Waals surface area contributed by atoms with Crippen LogP contribution in [0.25, 0.3) is 0 Å². The topological polar surface area (TPSA) is 73.9 Å². The SMILES string of the molecule is C[C@H](CCc1ccccc1)NC(=O)COC(=O)c1ccc2c(c1)OCO2. The van der Waals surface area contributed by atoms with E-state index in [0.717, 1.165) is 12.8 Å². The van der Waals surface area contributed by atoms with Gasteiger partial charge in [0.2, 0.25) is 6.79 Å². The molecular weight excluding hydrogens is 334 g/mol. The molecule has 1 aliphatic rings. The number of nitrogens with one attached hydrogen (secondary N) is 1. The summed E-state index contributed by atoms with van der Waals surface area (Å²) >= 11 is 0. The summed E-state index contributed by atoms with van der Waals surface area (Å²) in [6, 6.07) is 14.8. The highest BCUT2D eigenvalue weighted by molar-refractivity contribution is 5.92. The zero-order chi connectivity index (χ0) is 18.4. The zero-order valence-corrected chi connectivity index (χ0v) is 14.6. The van der Waals surface area contributed by atoms with Crippen molar-refractivity contribution in [2.24, 2.45) is 0 Å². The number of carbonyl (C=O) groups is 2. The molecule has 6 heteroatoms. The van der Waals surface area contributed by atoms with Crippen LogP contribution in [-0.2, 0) is 16.0 Å². The summed E-state index contributed by atoms with van der Waals surface area (Å²) in [5.41, 5.74) is 1.54. The van der Waals surface area contributed by atoms with Gasteiger partial charge in [-0.15, -0.1) is 0 Å². The number of hydrogen-bond acceptors (Lipinski definition) is 5. The van der Waals surface area contributed by atoms with Crippen LogP contribution < -0.4 is 14.8 Å². The first kappa shape index (κ1) is 17.8. The molecule has 1 N–H and O–H groups in total. The van der Waals surface area contributed by atoms with Crippen LogP contribution in [0.1, 0.15) is 29.3 Å². The van der Waals surface area contributed by atoms with E-state index in [4.69, 9.17) is 14.2 Å². The van der Waals surface area contributed by atoms with Gasteiger partial charge in [-0.05, 0) is 43.5 Å². The summed E-state index contributed by atoms with van der Waals surface area (Å²) in [5.74, 6) is 0.194.